The molecule has 0 spiro atoms. The number of carbonyl (C=O) groups excluding carboxylic acids is 1. The maximum absolute atomic E-state index is 11.9. The summed E-state index contributed by atoms with van der Waals surface area (Å²) >= 11 is 3.36. The van der Waals surface area contributed by atoms with E-state index in [1.54, 1.807) is 19.4 Å². The number of nitrogens with one attached hydrogen (secondary N) is 1. The van der Waals surface area contributed by atoms with E-state index >= 15 is 0 Å². The van der Waals surface area contributed by atoms with E-state index in [1.165, 1.54) is 0 Å². The molecule has 0 saturated heterocycles. The minimum Gasteiger partial charge on any atom is -0.495 e. The Labute approximate surface area is 143 Å². The molecule has 2 rings (SSSR count). The van der Waals surface area contributed by atoms with Gasteiger partial charge in [0.25, 0.3) is 5.91 Å². The maximum atomic E-state index is 11.9. The van der Waals surface area contributed by atoms with E-state index in [-0.39, 0.29) is 12.5 Å². The highest BCUT2D eigenvalue weighted by Gasteiger charge is 2.08. The molecule has 5 nitrogen and oxygen atoms in total. The largest absolute Gasteiger partial charge is 0.495 e. The van der Waals surface area contributed by atoms with E-state index < -0.39 is 0 Å². The zero-order valence-corrected chi connectivity index (χ0v) is 14.5. The molecule has 0 radical (unpaired) electrons. The van der Waals surface area contributed by atoms with Crippen LogP contribution in [0.5, 0.6) is 5.75 Å². The standard InChI is InChI=1S/C17H17BrN2O3/c1-12-3-8-16(22-2)15(9-12)20-17(21)11-23-19-10-13-4-6-14(18)7-5-13/h3-10H,11H2,1-2H3,(H,20,21)/b19-10-. The number of hydrogen-bond donors (Lipinski definition) is 1. The molecule has 0 fully saturated rings. The first-order chi connectivity index (χ1) is 11.1. The number of aryl methyl sites for hydroxylation is 1. The molecule has 2 aromatic carbocycles. The van der Waals surface area contributed by atoms with Gasteiger partial charge in [0.1, 0.15) is 5.75 Å². The van der Waals surface area contributed by atoms with Crippen LogP contribution in [0.2, 0.25) is 0 Å². The van der Waals surface area contributed by atoms with Crippen LogP contribution in [0, 0.1) is 6.92 Å². The van der Waals surface area contributed by atoms with Gasteiger partial charge in [-0.25, -0.2) is 0 Å². The SMILES string of the molecule is COc1ccc(C)cc1NC(=O)CO/N=C\c1ccc(Br)cc1. The van der Waals surface area contributed by atoms with Crippen LogP contribution in [-0.4, -0.2) is 25.8 Å². The Morgan fingerprint density at radius 1 is 1.26 bits per heavy atom. The fraction of sp³-hybridized carbons (Fsp3) is 0.176. The quantitative estimate of drug-likeness (QED) is 0.616. The average Bonchev–Trinajstić information content (AvgIpc) is 2.53. The van der Waals surface area contributed by atoms with Crippen molar-refractivity contribution in [3.05, 3.63) is 58.1 Å². The summed E-state index contributed by atoms with van der Waals surface area (Å²) in [6.45, 7) is 1.76. The van der Waals surface area contributed by atoms with Crippen molar-refractivity contribution < 1.29 is 14.4 Å². The van der Waals surface area contributed by atoms with E-state index in [0.29, 0.717) is 11.4 Å². The van der Waals surface area contributed by atoms with E-state index in [1.807, 2.05) is 43.3 Å². The molecule has 0 unspecified atom stereocenters. The number of anilines is 1. The zero-order chi connectivity index (χ0) is 16.7. The highest BCUT2D eigenvalue weighted by Crippen LogP contribution is 2.24. The third-order valence-corrected chi connectivity index (χ3v) is 3.50. The van der Waals surface area contributed by atoms with Crippen LogP contribution >= 0.6 is 15.9 Å². The maximum Gasteiger partial charge on any atom is 0.265 e. The Kier molecular flexibility index (Phi) is 6.17. The summed E-state index contributed by atoms with van der Waals surface area (Å²) in [5, 5.41) is 6.52. The number of carbonyl (C=O) groups is 1. The Hall–Kier alpha value is -2.34. The van der Waals surface area contributed by atoms with Gasteiger partial charge in [-0.15, -0.1) is 0 Å². The van der Waals surface area contributed by atoms with Crippen molar-refractivity contribution in [3.8, 4) is 5.75 Å². The van der Waals surface area contributed by atoms with Crippen LogP contribution in [-0.2, 0) is 9.63 Å². The summed E-state index contributed by atoms with van der Waals surface area (Å²) in [5.74, 6) is 0.296. The highest BCUT2D eigenvalue weighted by molar-refractivity contribution is 9.10. The highest BCUT2D eigenvalue weighted by atomic mass is 79.9. The predicted molar refractivity (Wildman–Crippen MR) is 94.0 cm³/mol. The van der Waals surface area contributed by atoms with E-state index in [9.17, 15) is 4.79 Å². The van der Waals surface area contributed by atoms with Crippen molar-refractivity contribution in [3.63, 3.8) is 0 Å². The van der Waals surface area contributed by atoms with Gasteiger partial charge in [0.05, 0.1) is 19.0 Å². The summed E-state index contributed by atoms with van der Waals surface area (Å²) in [4.78, 5) is 16.9. The van der Waals surface area contributed by atoms with Gasteiger partial charge >= 0.3 is 0 Å². The van der Waals surface area contributed by atoms with E-state index in [4.69, 9.17) is 9.57 Å². The number of oxime groups is 1. The Morgan fingerprint density at radius 3 is 2.70 bits per heavy atom. The lowest BCUT2D eigenvalue weighted by Gasteiger charge is -2.10. The predicted octanol–water partition coefficient (Wildman–Crippen LogP) is 3.76. The van der Waals surface area contributed by atoms with Crippen molar-refractivity contribution in [2.45, 2.75) is 6.92 Å². The monoisotopic (exact) mass is 376 g/mol. The number of halogens is 1. The smallest absolute Gasteiger partial charge is 0.265 e. The summed E-state index contributed by atoms with van der Waals surface area (Å²) in [5.41, 5.74) is 2.52. The van der Waals surface area contributed by atoms with Crippen molar-refractivity contribution in [1.29, 1.82) is 0 Å². The summed E-state index contributed by atoms with van der Waals surface area (Å²) in [6, 6.07) is 13.1. The molecule has 0 aromatic heterocycles. The van der Waals surface area contributed by atoms with Gasteiger partial charge in [-0.2, -0.15) is 0 Å². The van der Waals surface area contributed by atoms with Gasteiger partial charge < -0.3 is 14.9 Å². The van der Waals surface area contributed by atoms with E-state index in [2.05, 4.69) is 26.4 Å². The van der Waals surface area contributed by atoms with Crippen LogP contribution in [0.25, 0.3) is 0 Å². The molecule has 0 heterocycles. The number of hydrogen-bond acceptors (Lipinski definition) is 4. The molecule has 0 aliphatic carbocycles. The van der Waals surface area contributed by atoms with Gasteiger partial charge in [-0.3, -0.25) is 4.79 Å². The molecule has 1 amide bonds. The van der Waals surface area contributed by atoms with Crippen LogP contribution in [0.4, 0.5) is 5.69 Å². The molecule has 1 N–H and O–H groups in total. The molecule has 0 aliphatic heterocycles. The average molecular weight is 377 g/mol. The molecule has 0 saturated carbocycles. The first-order valence-corrected chi connectivity index (χ1v) is 7.73. The summed E-state index contributed by atoms with van der Waals surface area (Å²) in [6.07, 6.45) is 1.55. The summed E-state index contributed by atoms with van der Waals surface area (Å²) in [7, 11) is 1.55. The Bertz CT molecular complexity index is 699. The molecular formula is C17H17BrN2O3. The minimum atomic E-state index is -0.304. The van der Waals surface area contributed by atoms with Gasteiger partial charge in [0.2, 0.25) is 0 Å². The molecule has 120 valence electrons. The third kappa shape index (κ3) is 5.41. The van der Waals surface area contributed by atoms with Crippen molar-refractivity contribution in [1.82, 2.24) is 0 Å². The molecule has 2 aromatic rings. The number of benzene rings is 2. The number of nitrogens with zero attached hydrogens (tertiary/aromatic N) is 1. The topological polar surface area (TPSA) is 59.9 Å². The zero-order valence-electron chi connectivity index (χ0n) is 12.9. The number of methoxy groups -OCH3 is 1. The second kappa shape index (κ2) is 8.33. The molecule has 0 aliphatic rings. The van der Waals surface area contributed by atoms with Crippen LogP contribution in [0.1, 0.15) is 11.1 Å². The fourth-order valence-corrected chi connectivity index (χ4v) is 2.11. The van der Waals surface area contributed by atoms with Crippen LogP contribution in [0.3, 0.4) is 0 Å². The molecule has 6 heteroatoms. The Balaban J connectivity index is 1.86. The lowest BCUT2D eigenvalue weighted by atomic mass is 10.2. The van der Waals surface area contributed by atoms with Gasteiger partial charge in [-0.1, -0.05) is 39.3 Å². The van der Waals surface area contributed by atoms with Gasteiger partial charge in [0.15, 0.2) is 6.61 Å². The second-order valence-corrected chi connectivity index (χ2v) is 5.73. The number of ether oxygens (including phenoxy) is 1. The van der Waals surface area contributed by atoms with Crippen molar-refractivity contribution >= 4 is 33.7 Å². The normalized spacial score (nSPS) is 10.6. The molecular weight excluding hydrogens is 360 g/mol. The van der Waals surface area contributed by atoms with Gasteiger partial charge in [-0.05, 0) is 42.3 Å². The number of amides is 1. The van der Waals surface area contributed by atoms with Crippen molar-refractivity contribution in [2.75, 3.05) is 19.0 Å². The molecule has 23 heavy (non-hydrogen) atoms. The third-order valence-electron chi connectivity index (χ3n) is 2.97. The number of rotatable bonds is 6. The van der Waals surface area contributed by atoms with Crippen LogP contribution in [0.15, 0.2) is 52.1 Å². The second-order valence-electron chi connectivity index (χ2n) is 4.81. The summed E-state index contributed by atoms with van der Waals surface area (Å²) < 4.78 is 6.19. The Morgan fingerprint density at radius 2 is 2.00 bits per heavy atom. The molecule has 0 bridgehead atoms. The molecule has 0 atom stereocenters. The fourth-order valence-electron chi connectivity index (χ4n) is 1.85. The lowest BCUT2D eigenvalue weighted by molar-refractivity contribution is -0.120. The van der Waals surface area contributed by atoms with Crippen LogP contribution < -0.4 is 10.1 Å². The minimum absolute atomic E-state index is 0.176. The first-order valence-electron chi connectivity index (χ1n) is 6.94. The van der Waals surface area contributed by atoms with Gasteiger partial charge in [0, 0.05) is 4.47 Å². The van der Waals surface area contributed by atoms with Crippen molar-refractivity contribution in [2.24, 2.45) is 5.16 Å². The first kappa shape index (κ1) is 17.0. The van der Waals surface area contributed by atoms with E-state index in [0.717, 1.165) is 15.6 Å². The lowest BCUT2D eigenvalue weighted by Crippen LogP contribution is -2.17.